The van der Waals surface area contributed by atoms with Gasteiger partial charge in [-0.25, -0.2) is 8.78 Å². The van der Waals surface area contributed by atoms with E-state index in [0.717, 1.165) is 6.07 Å². The molecule has 0 aliphatic rings. The van der Waals surface area contributed by atoms with E-state index in [0.29, 0.717) is 0 Å². The number of hydrogen-bond acceptors (Lipinski definition) is 3. The zero-order valence-corrected chi connectivity index (χ0v) is 11.1. The molecule has 0 unspecified atom stereocenters. The topological polar surface area (TPSA) is 50.1 Å². The minimum atomic E-state index is -2.67. The first kappa shape index (κ1) is 14.6. The molecule has 0 bridgehead atoms. The van der Waals surface area contributed by atoms with Crippen molar-refractivity contribution in [1.29, 1.82) is 5.26 Å². The summed E-state index contributed by atoms with van der Waals surface area (Å²) in [5, 5.41) is 8.90. The molecule has 1 aromatic carbocycles. The van der Waals surface area contributed by atoms with Crippen molar-refractivity contribution >= 4 is 21.9 Å². The third kappa shape index (κ3) is 3.50. The summed E-state index contributed by atoms with van der Waals surface area (Å²) in [4.78, 5) is 11.3. The number of halogens is 3. The highest BCUT2D eigenvalue weighted by Gasteiger charge is 2.17. The average molecular weight is 318 g/mol. The summed E-state index contributed by atoms with van der Waals surface area (Å²) in [6, 6.07) is 4.31. The number of nitriles is 1. The average Bonchev–Trinajstić information content (AvgIpc) is 2.30. The van der Waals surface area contributed by atoms with Crippen molar-refractivity contribution < 1.29 is 18.3 Å². The number of ether oxygens (including phenoxy) is 1. The Balaban J connectivity index is 3.13. The standard InChI is InChI=1S/C12H10BrF2NO2/c1-2-18-11(17)5-7-3-9(12(14)15)10(13)4-8(7)6-16/h3-4,12H,2,5H2,1H3. The Morgan fingerprint density at radius 2 is 2.22 bits per heavy atom. The number of hydrogen-bond donors (Lipinski definition) is 0. The van der Waals surface area contributed by atoms with Crippen LogP contribution in [0.25, 0.3) is 0 Å². The quantitative estimate of drug-likeness (QED) is 0.800. The van der Waals surface area contributed by atoms with Crippen molar-refractivity contribution in [2.24, 2.45) is 0 Å². The number of benzene rings is 1. The maximum Gasteiger partial charge on any atom is 0.310 e. The molecule has 18 heavy (non-hydrogen) atoms. The van der Waals surface area contributed by atoms with E-state index >= 15 is 0 Å². The van der Waals surface area contributed by atoms with Gasteiger partial charge in [0.15, 0.2) is 0 Å². The molecule has 0 amide bonds. The number of rotatable bonds is 4. The van der Waals surface area contributed by atoms with Crippen molar-refractivity contribution in [2.45, 2.75) is 19.8 Å². The van der Waals surface area contributed by atoms with Gasteiger partial charge in [0, 0.05) is 10.0 Å². The Kier molecular flexibility index (Phi) is 5.23. The normalized spacial score (nSPS) is 10.2. The lowest BCUT2D eigenvalue weighted by Crippen LogP contribution is -2.09. The fourth-order valence-corrected chi connectivity index (χ4v) is 1.94. The maximum atomic E-state index is 12.7. The minimum Gasteiger partial charge on any atom is -0.466 e. The van der Waals surface area contributed by atoms with Gasteiger partial charge in [-0.3, -0.25) is 4.79 Å². The van der Waals surface area contributed by atoms with Crippen LogP contribution >= 0.6 is 15.9 Å². The first-order chi connectivity index (χ1) is 8.49. The lowest BCUT2D eigenvalue weighted by atomic mass is 10.0. The van der Waals surface area contributed by atoms with Crippen LogP contribution in [0, 0.1) is 11.3 Å². The smallest absolute Gasteiger partial charge is 0.310 e. The fourth-order valence-electron chi connectivity index (χ4n) is 1.42. The van der Waals surface area contributed by atoms with Crippen LogP contribution < -0.4 is 0 Å². The highest BCUT2D eigenvalue weighted by Crippen LogP contribution is 2.30. The zero-order valence-electron chi connectivity index (χ0n) is 9.54. The molecule has 0 aliphatic carbocycles. The van der Waals surface area contributed by atoms with Crippen LogP contribution in [0.3, 0.4) is 0 Å². The number of carbonyl (C=O) groups excluding carboxylic acids is 1. The lowest BCUT2D eigenvalue weighted by Gasteiger charge is -2.09. The van der Waals surface area contributed by atoms with E-state index in [1.807, 2.05) is 6.07 Å². The molecule has 1 rings (SSSR count). The second-order valence-corrected chi connectivity index (χ2v) is 4.28. The largest absolute Gasteiger partial charge is 0.466 e. The third-order valence-electron chi connectivity index (χ3n) is 2.22. The van der Waals surface area contributed by atoms with Gasteiger partial charge in [0.25, 0.3) is 6.43 Å². The Labute approximate surface area is 111 Å². The van der Waals surface area contributed by atoms with Gasteiger partial charge >= 0.3 is 5.97 Å². The monoisotopic (exact) mass is 317 g/mol. The first-order valence-corrected chi connectivity index (χ1v) is 5.95. The summed E-state index contributed by atoms with van der Waals surface area (Å²) in [5.41, 5.74) is 0.182. The van der Waals surface area contributed by atoms with Gasteiger partial charge in [0.2, 0.25) is 0 Å². The number of alkyl halides is 2. The predicted molar refractivity (Wildman–Crippen MR) is 64.2 cm³/mol. The molecular formula is C12H10BrF2NO2. The number of nitrogens with zero attached hydrogens (tertiary/aromatic N) is 1. The van der Waals surface area contributed by atoms with Gasteiger partial charge in [0.05, 0.1) is 24.7 Å². The summed E-state index contributed by atoms with van der Waals surface area (Å²) in [6.07, 6.45) is -2.86. The summed E-state index contributed by atoms with van der Waals surface area (Å²) in [6.45, 7) is 1.86. The highest BCUT2D eigenvalue weighted by molar-refractivity contribution is 9.10. The van der Waals surface area contributed by atoms with Gasteiger partial charge in [-0.1, -0.05) is 15.9 Å². The summed E-state index contributed by atoms with van der Waals surface area (Å²) < 4.78 is 30.3. The van der Waals surface area contributed by atoms with Crippen LogP contribution in [-0.2, 0) is 16.0 Å². The molecule has 0 saturated carbocycles. The maximum absolute atomic E-state index is 12.7. The molecule has 0 radical (unpaired) electrons. The molecule has 0 fully saturated rings. The predicted octanol–water partition coefficient (Wildman–Crippen LogP) is 3.36. The molecule has 3 nitrogen and oxygen atoms in total. The van der Waals surface area contributed by atoms with Crippen LogP contribution in [0.15, 0.2) is 16.6 Å². The van der Waals surface area contributed by atoms with Crippen molar-refractivity contribution in [3.8, 4) is 6.07 Å². The van der Waals surface area contributed by atoms with Gasteiger partial charge in [-0.05, 0) is 24.6 Å². The molecule has 0 atom stereocenters. The Morgan fingerprint density at radius 1 is 1.56 bits per heavy atom. The Bertz CT molecular complexity index is 498. The van der Waals surface area contributed by atoms with Crippen LogP contribution in [0.5, 0.6) is 0 Å². The zero-order chi connectivity index (χ0) is 13.7. The molecule has 0 saturated heterocycles. The molecule has 6 heteroatoms. The Morgan fingerprint density at radius 3 is 2.72 bits per heavy atom. The van der Waals surface area contributed by atoms with Crippen LogP contribution in [0.4, 0.5) is 8.78 Å². The highest BCUT2D eigenvalue weighted by atomic mass is 79.9. The van der Waals surface area contributed by atoms with Gasteiger partial charge in [-0.2, -0.15) is 5.26 Å². The molecule has 0 aromatic heterocycles. The molecule has 0 N–H and O–H groups in total. The lowest BCUT2D eigenvalue weighted by molar-refractivity contribution is -0.142. The number of carbonyl (C=O) groups is 1. The van der Waals surface area contributed by atoms with E-state index in [9.17, 15) is 13.6 Å². The molecule has 1 aromatic rings. The van der Waals surface area contributed by atoms with Crippen molar-refractivity contribution in [1.82, 2.24) is 0 Å². The van der Waals surface area contributed by atoms with Crippen molar-refractivity contribution in [2.75, 3.05) is 6.61 Å². The van der Waals surface area contributed by atoms with Crippen LogP contribution in [-0.4, -0.2) is 12.6 Å². The second kappa shape index (κ2) is 6.45. The van der Waals surface area contributed by atoms with E-state index in [2.05, 4.69) is 15.9 Å². The van der Waals surface area contributed by atoms with E-state index < -0.39 is 12.4 Å². The van der Waals surface area contributed by atoms with Gasteiger partial charge < -0.3 is 4.74 Å². The van der Waals surface area contributed by atoms with Crippen LogP contribution in [0.1, 0.15) is 30.0 Å². The molecule has 0 heterocycles. The molecule has 0 spiro atoms. The SMILES string of the molecule is CCOC(=O)Cc1cc(C(F)F)c(Br)cc1C#N. The van der Waals surface area contributed by atoms with Gasteiger partial charge in [0.1, 0.15) is 0 Å². The van der Waals surface area contributed by atoms with E-state index in [1.165, 1.54) is 6.07 Å². The van der Waals surface area contributed by atoms with Crippen molar-refractivity contribution in [3.63, 3.8) is 0 Å². The summed E-state index contributed by atoms with van der Waals surface area (Å²) >= 11 is 2.97. The minimum absolute atomic E-state index is 0.154. The first-order valence-electron chi connectivity index (χ1n) is 5.15. The van der Waals surface area contributed by atoms with Crippen LogP contribution in [0.2, 0.25) is 0 Å². The molecule has 0 aliphatic heterocycles. The fraction of sp³-hybridized carbons (Fsp3) is 0.333. The Hall–Kier alpha value is -1.48. The third-order valence-corrected chi connectivity index (χ3v) is 2.90. The van der Waals surface area contributed by atoms with E-state index in [1.54, 1.807) is 6.92 Å². The van der Waals surface area contributed by atoms with Gasteiger partial charge in [-0.15, -0.1) is 0 Å². The van der Waals surface area contributed by atoms with E-state index in [-0.39, 0.29) is 34.2 Å². The molecular weight excluding hydrogens is 308 g/mol. The second-order valence-electron chi connectivity index (χ2n) is 3.43. The van der Waals surface area contributed by atoms with Crippen molar-refractivity contribution in [3.05, 3.63) is 33.3 Å². The summed E-state index contributed by atoms with van der Waals surface area (Å²) in [7, 11) is 0. The summed E-state index contributed by atoms with van der Waals surface area (Å²) in [5.74, 6) is -0.545. The number of esters is 1. The molecule has 96 valence electrons. The van der Waals surface area contributed by atoms with E-state index in [4.69, 9.17) is 10.00 Å².